The van der Waals surface area contributed by atoms with Crippen LogP contribution in [-0.4, -0.2) is 49.4 Å². The summed E-state index contributed by atoms with van der Waals surface area (Å²) in [4.78, 5) is 14.0. The molecule has 1 spiro atoms. The molecule has 0 aliphatic carbocycles. The van der Waals surface area contributed by atoms with Crippen LogP contribution in [0, 0.1) is 5.82 Å². The molecule has 1 N–H and O–H groups in total. The predicted octanol–water partition coefficient (Wildman–Crippen LogP) is 2.26. The molecule has 120 valence electrons. The summed E-state index contributed by atoms with van der Waals surface area (Å²) < 4.78 is 24.6. The van der Waals surface area contributed by atoms with Gasteiger partial charge in [-0.05, 0) is 18.2 Å². The van der Waals surface area contributed by atoms with Gasteiger partial charge in [-0.1, -0.05) is 11.6 Å². The number of amides is 1. The number of hydrogen-bond acceptors (Lipinski definition) is 4. The van der Waals surface area contributed by atoms with Crippen LogP contribution in [-0.2, 0) is 14.3 Å². The molecule has 0 aromatic heterocycles. The molecule has 5 nitrogen and oxygen atoms in total. The maximum atomic E-state index is 13.3. The fraction of sp³-hybridized carbons (Fsp3) is 0.533. The molecule has 7 heteroatoms. The number of carbonyl (C=O) groups excluding carboxylic acids is 1. The molecule has 0 saturated carbocycles. The van der Waals surface area contributed by atoms with Gasteiger partial charge in [0.25, 0.3) is 0 Å². The van der Waals surface area contributed by atoms with E-state index in [1.165, 1.54) is 12.1 Å². The molecular weight excluding hydrogens is 311 g/mol. The van der Waals surface area contributed by atoms with E-state index in [1.54, 1.807) is 11.0 Å². The fourth-order valence-corrected chi connectivity index (χ4v) is 2.90. The molecule has 2 saturated heterocycles. The van der Waals surface area contributed by atoms with Crippen LogP contribution in [0.15, 0.2) is 18.2 Å². The predicted molar refractivity (Wildman–Crippen MR) is 80.3 cm³/mol. The Bertz CT molecular complexity index is 554. The van der Waals surface area contributed by atoms with Crippen LogP contribution in [0.2, 0.25) is 5.02 Å². The second-order valence-electron chi connectivity index (χ2n) is 5.47. The number of carbonyl (C=O) groups is 1. The Kier molecular flexibility index (Phi) is 4.52. The van der Waals surface area contributed by atoms with Crippen LogP contribution in [0.5, 0.6) is 0 Å². The number of ether oxygens (including phenoxy) is 2. The Morgan fingerprint density at radius 1 is 1.32 bits per heavy atom. The van der Waals surface area contributed by atoms with E-state index < -0.39 is 11.6 Å². The Labute approximate surface area is 133 Å². The van der Waals surface area contributed by atoms with Gasteiger partial charge in [-0.2, -0.15) is 0 Å². The summed E-state index contributed by atoms with van der Waals surface area (Å²) in [6, 6.07) is 4.38. The minimum absolute atomic E-state index is 0.0248. The lowest BCUT2D eigenvalue weighted by Gasteiger charge is -2.37. The Morgan fingerprint density at radius 2 is 2.00 bits per heavy atom. The lowest BCUT2D eigenvalue weighted by atomic mass is 10.0. The molecule has 0 unspecified atom stereocenters. The van der Waals surface area contributed by atoms with E-state index >= 15 is 0 Å². The number of hydrogen-bond donors (Lipinski definition) is 1. The van der Waals surface area contributed by atoms with Crippen LogP contribution >= 0.6 is 11.6 Å². The first-order valence-corrected chi connectivity index (χ1v) is 7.70. The summed E-state index contributed by atoms with van der Waals surface area (Å²) in [5.41, 5.74) is 0.534. The van der Waals surface area contributed by atoms with Gasteiger partial charge < -0.3 is 19.7 Å². The molecule has 1 aromatic rings. The third-order valence-electron chi connectivity index (χ3n) is 4.05. The highest BCUT2D eigenvalue weighted by Crippen LogP contribution is 2.31. The molecule has 3 rings (SSSR count). The zero-order valence-corrected chi connectivity index (χ0v) is 12.9. The van der Waals surface area contributed by atoms with Crippen molar-refractivity contribution in [2.45, 2.75) is 18.6 Å². The van der Waals surface area contributed by atoms with Crippen molar-refractivity contribution in [1.82, 2.24) is 4.90 Å². The molecule has 0 atom stereocenters. The molecule has 0 radical (unpaired) electrons. The van der Waals surface area contributed by atoms with E-state index in [-0.39, 0.29) is 17.5 Å². The Hall–Kier alpha value is -1.37. The summed E-state index contributed by atoms with van der Waals surface area (Å²) in [5, 5.41) is 2.98. The Morgan fingerprint density at radius 3 is 2.64 bits per heavy atom. The third-order valence-corrected chi connectivity index (χ3v) is 4.36. The van der Waals surface area contributed by atoms with Gasteiger partial charge in [0.1, 0.15) is 5.82 Å². The van der Waals surface area contributed by atoms with Crippen LogP contribution in [0.25, 0.3) is 0 Å². The van der Waals surface area contributed by atoms with Crippen molar-refractivity contribution in [3.63, 3.8) is 0 Å². The first kappa shape index (κ1) is 15.5. The quantitative estimate of drug-likeness (QED) is 0.924. The summed E-state index contributed by atoms with van der Waals surface area (Å²) in [6.07, 6.45) is 1.38. The molecule has 2 aliphatic rings. The molecule has 2 fully saturated rings. The first-order chi connectivity index (χ1) is 10.6. The van der Waals surface area contributed by atoms with Crippen LogP contribution in [0.3, 0.4) is 0 Å². The average Bonchev–Trinajstić information content (AvgIpc) is 2.97. The second kappa shape index (κ2) is 6.40. The zero-order valence-electron chi connectivity index (χ0n) is 12.1. The van der Waals surface area contributed by atoms with Crippen LogP contribution < -0.4 is 5.32 Å². The smallest absolute Gasteiger partial charge is 0.241 e. The number of benzene rings is 1. The minimum atomic E-state index is -0.505. The molecule has 2 aliphatic heterocycles. The lowest BCUT2D eigenvalue weighted by Crippen LogP contribution is -2.48. The number of nitrogens with one attached hydrogen (secondary N) is 1. The molecule has 1 aromatic carbocycles. The van der Waals surface area contributed by atoms with Crippen molar-refractivity contribution in [1.29, 1.82) is 0 Å². The number of nitrogens with zero attached hydrogens (tertiary/aromatic N) is 1. The van der Waals surface area contributed by atoms with Gasteiger partial charge >= 0.3 is 0 Å². The van der Waals surface area contributed by atoms with E-state index in [0.717, 1.165) is 0 Å². The third kappa shape index (κ3) is 3.34. The van der Waals surface area contributed by atoms with Crippen molar-refractivity contribution < 1.29 is 18.7 Å². The monoisotopic (exact) mass is 328 g/mol. The fourth-order valence-electron chi connectivity index (χ4n) is 2.78. The number of anilines is 1. The summed E-state index contributed by atoms with van der Waals surface area (Å²) in [6.45, 7) is 2.58. The zero-order chi connectivity index (χ0) is 15.6. The number of likely N-dealkylation sites (tertiary alicyclic amines) is 1. The number of halogens is 2. The topological polar surface area (TPSA) is 50.8 Å². The van der Waals surface area contributed by atoms with Gasteiger partial charge in [-0.15, -0.1) is 0 Å². The van der Waals surface area contributed by atoms with Gasteiger partial charge in [0.05, 0.1) is 24.8 Å². The largest absolute Gasteiger partial charge is 0.376 e. The summed E-state index contributed by atoms with van der Waals surface area (Å²) >= 11 is 5.62. The van der Waals surface area contributed by atoms with Crippen molar-refractivity contribution in [3.05, 3.63) is 29.0 Å². The normalized spacial score (nSPS) is 20.4. The van der Waals surface area contributed by atoms with Crippen LogP contribution in [0.1, 0.15) is 12.8 Å². The maximum absolute atomic E-state index is 13.3. The van der Waals surface area contributed by atoms with Crippen molar-refractivity contribution >= 4 is 23.2 Å². The highest BCUT2D eigenvalue weighted by atomic mass is 35.5. The van der Waals surface area contributed by atoms with Crippen molar-refractivity contribution in [2.24, 2.45) is 0 Å². The molecule has 0 bridgehead atoms. The van der Waals surface area contributed by atoms with E-state index in [9.17, 15) is 9.18 Å². The SMILES string of the molecule is O=C(CNc1ccc(Cl)c(F)c1)N1CCC2(CC1)OCCO2. The van der Waals surface area contributed by atoms with Gasteiger partial charge in [-0.3, -0.25) is 4.79 Å². The number of piperidine rings is 1. The Balaban J connectivity index is 1.49. The van der Waals surface area contributed by atoms with Crippen LogP contribution in [0.4, 0.5) is 10.1 Å². The van der Waals surface area contributed by atoms with E-state index in [1.807, 2.05) is 0 Å². The first-order valence-electron chi connectivity index (χ1n) is 7.33. The summed E-state index contributed by atoms with van der Waals surface area (Å²) in [7, 11) is 0. The molecular formula is C15H18ClFN2O3. The second-order valence-corrected chi connectivity index (χ2v) is 5.88. The van der Waals surface area contributed by atoms with E-state index in [2.05, 4.69) is 5.32 Å². The van der Waals surface area contributed by atoms with Gasteiger partial charge in [0.2, 0.25) is 5.91 Å². The van der Waals surface area contributed by atoms with E-state index in [0.29, 0.717) is 44.8 Å². The van der Waals surface area contributed by atoms with E-state index in [4.69, 9.17) is 21.1 Å². The maximum Gasteiger partial charge on any atom is 0.241 e. The van der Waals surface area contributed by atoms with Gasteiger partial charge in [0.15, 0.2) is 5.79 Å². The molecule has 1 amide bonds. The molecule has 2 heterocycles. The summed E-state index contributed by atoms with van der Waals surface area (Å²) in [5.74, 6) is -1.01. The lowest BCUT2D eigenvalue weighted by molar-refractivity contribution is -0.187. The minimum Gasteiger partial charge on any atom is -0.376 e. The van der Waals surface area contributed by atoms with Gasteiger partial charge in [0, 0.05) is 31.6 Å². The highest BCUT2D eigenvalue weighted by molar-refractivity contribution is 6.30. The van der Waals surface area contributed by atoms with Gasteiger partial charge in [-0.25, -0.2) is 4.39 Å². The molecule has 22 heavy (non-hydrogen) atoms. The number of rotatable bonds is 3. The van der Waals surface area contributed by atoms with Crippen molar-refractivity contribution in [3.8, 4) is 0 Å². The average molecular weight is 329 g/mol. The van der Waals surface area contributed by atoms with Crippen molar-refractivity contribution in [2.75, 3.05) is 38.2 Å². The standard InChI is InChI=1S/C15H18ClFN2O3/c16-12-2-1-11(9-13(12)17)18-10-14(20)19-5-3-15(4-6-19)21-7-8-22-15/h1-2,9,18H,3-8,10H2. The highest BCUT2D eigenvalue weighted by Gasteiger charge is 2.40.